The van der Waals surface area contributed by atoms with Gasteiger partial charge in [-0.25, -0.2) is 0 Å². The molecule has 0 bridgehead atoms. The highest BCUT2D eigenvalue weighted by atomic mass is 15.2. The molecule has 0 fully saturated rings. The Kier molecular flexibility index (Phi) is 2.40. The van der Waals surface area contributed by atoms with Crippen molar-refractivity contribution in [3.8, 4) is 0 Å². The first kappa shape index (κ1) is 8.82. The maximum Gasteiger partial charge on any atom is 0.0363 e. The molecule has 0 saturated heterocycles. The van der Waals surface area contributed by atoms with Crippen molar-refractivity contribution < 1.29 is 0 Å². The minimum atomic E-state index is 0.653. The molecule has 1 aliphatic heterocycles. The molecule has 0 aromatic carbocycles. The van der Waals surface area contributed by atoms with E-state index in [9.17, 15) is 0 Å². The Balaban J connectivity index is 2.29. The van der Waals surface area contributed by atoms with Crippen LogP contribution >= 0.6 is 0 Å². The van der Waals surface area contributed by atoms with Gasteiger partial charge in [0.2, 0.25) is 0 Å². The van der Waals surface area contributed by atoms with E-state index in [0.717, 1.165) is 0 Å². The Hall–Kier alpha value is -0.760. The van der Waals surface area contributed by atoms with Crippen LogP contribution in [0.3, 0.4) is 0 Å². The van der Waals surface area contributed by atoms with Gasteiger partial charge in [-0.15, -0.1) is 0 Å². The number of likely N-dealkylation sites (N-methyl/N-ethyl adjacent to an activating group) is 1. The lowest BCUT2D eigenvalue weighted by Crippen LogP contribution is -2.34. The van der Waals surface area contributed by atoms with Gasteiger partial charge in [0.1, 0.15) is 0 Å². The molecule has 0 radical (unpaired) electrons. The molecular formula is C11H18N2. The quantitative estimate of drug-likeness (QED) is 0.736. The zero-order valence-corrected chi connectivity index (χ0v) is 8.51. The lowest BCUT2D eigenvalue weighted by molar-refractivity contribution is 0.189. The molecule has 2 rings (SSSR count). The number of aromatic amines is 1. The molecule has 0 amide bonds. The highest BCUT2D eigenvalue weighted by Crippen LogP contribution is 2.30. The fourth-order valence-electron chi connectivity index (χ4n) is 2.41. The zero-order chi connectivity index (χ0) is 9.26. The number of hydrogen-bond donors (Lipinski definition) is 1. The predicted molar refractivity (Wildman–Crippen MR) is 54.8 cm³/mol. The second kappa shape index (κ2) is 3.54. The second-order valence-electron chi connectivity index (χ2n) is 3.71. The molecule has 0 aliphatic carbocycles. The molecule has 13 heavy (non-hydrogen) atoms. The van der Waals surface area contributed by atoms with Crippen LogP contribution < -0.4 is 0 Å². The van der Waals surface area contributed by atoms with E-state index in [2.05, 4.69) is 36.0 Å². The maximum atomic E-state index is 3.34. The lowest BCUT2D eigenvalue weighted by Gasteiger charge is -2.34. The molecule has 1 N–H and O–H groups in total. The first-order chi connectivity index (χ1) is 6.36. The van der Waals surface area contributed by atoms with Crippen LogP contribution in [-0.4, -0.2) is 23.0 Å². The van der Waals surface area contributed by atoms with Crippen LogP contribution in [0.4, 0.5) is 0 Å². The minimum absolute atomic E-state index is 0.653. The smallest absolute Gasteiger partial charge is 0.0363 e. The van der Waals surface area contributed by atoms with E-state index < -0.39 is 0 Å². The van der Waals surface area contributed by atoms with Gasteiger partial charge in [-0.05, 0) is 24.6 Å². The van der Waals surface area contributed by atoms with Crippen molar-refractivity contribution in [3.63, 3.8) is 0 Å². The van der Waals surface area contributed by atoms with Gasteiger partial charge in [-0.3, -0.25) is 4.90 Å². The topological polar surface area (TPSA) is 19.0 Å². The standard InChI is InChI=1S/C11H18N2/c1-3-11-9-5-7-12-10(9)6-8-13(11)4-2/h5,7,11-12H,3-4,6,8H2,1-2H3/t11-/m0/s1. The first-order valence-corrected chi connectivity index (χ1v) is 5.27. The van der Waals surface area contributed by atoms with E-state index in [4.69, 9.17) is 0 Å². The summed E-state index contributed by atoms with van der Waals surface area (Å²) in [6.07, 6.45) is 4.48. The van der Waals surface area contributed by atoms with Gasteiger partial charge >= 0.3 is 0 Å². The van der Waals surface area contributed by atoms with Crippen LogP contribution in [0.25, 0.3) is 0 Å². The number of nitrogens with zero attached hydrogens (tertiary/aromatic N) is 1. The molecule has 2 heterocycles. The van der Waals surface area contributed by atoms with Gasteiger partial charge in [-0.2, -0.15) is 0 Å². The number of fused-ring (bicyclic) bond motifs is 1. The number of nitrogens with one attached hydrogen (secondary N) is 1. The highest BCUT2D eigenvalue weighted by molar-refractivity contribution is 5.27. The van der Waals surface area contributed by atoms with Crippen LogP contribution in [0.15, 0.2) is 12.3 Å². The number of aromatic nitrogens is 1. The molecule has 0 spiro atoms. The molecule has 2 nitrogen and oxygen atoms in total. The third-order valence-corrected chi connectivity index (χ3v) is 3.11. The van der Waals surface area contributed by atoms with Crippen molar-refractivity contribution in [2.45, 2.75) is 32.7 Å². The van der Waals surface area contributed by atoms with Gasteiger partial charge in [-0.1, -0.05) is 13.8 Å². The van der Waals surface area contributed by atoms with E-state index in [1.54, 1.807) is 0 Å². The average molecular weight is 178 g/mol. The van der Waals surface area contributed by atoms with Gasteiger partial charge in [0, 0.05) is 30.9 Å². The Bertz CT molecular complexity index is 277. The summed E-state index contributed by atoms with van der Waals surface area (Å²) < 4.78 is 0. The van der Waals surface area contributed by atoms with Crippen molar-refractivity contribution in [3.05, 3.63) is 23.5 Å². The average Bonchev–Trinajstić information content (AvgIpc) is 2.63. The fraction of sp³-hybridized carbons (Fsp3) is 0.636. The van der Waals surface area contributed by atoms with E-state index in [-0.39, 0.29) is 0 Å². The van der Waals surface area contributed by atoms with Crippen LogP contribution in [0.2, 0.25) is 0 Å². The summed E-state index contributed by atoms with van der Waals surface area (Å²) in [5.41, 5.74) is 2.98. The zero-order valence-electron chi connectivity index (χ0n) is 8.51. The van der Waals surface area contributed by atoms with Crippen molar-refractivity contribution in [2.75, 3.05) is 13.1 Å². The van der Waals surface area contributed by atoms with Crippen molar-refractivity contribution in [1.82, 2.24) is 9.88 Å². The van der Waals surface area contributed by atoms with E-state index in [0.29, 0.717) is 6.04 Å². The number of hydrogen-bond acceptors (Lipinski definition) is 1. The first-order valence-electron chi connectivity index (χ1n) is 5.27. The van der Waals surface area contributed by atoms with Crippen molar-refractivity contribution >= 4 is 0 Å². The van der Waals surface area contributed by atoms with Crippen molar-refractivity contribution in [1.29, 1.82) is 0 Å². The Morgan fingerprint density at radius 3 is 3.08 bits per heavy atom. The van der Waals surface area contributed by atoms with Crippen LogP contribution in [-0.2, 0) is 6.42 Å². The Labute approximate surface area is 79.9 Å². The van der Waals surface area contributed by atoms with Crippen LogP contribution in [0.1, 0.15) is 37.6 Å². The maximum absolute atomic E-state index is 3.34. The minimum Gasteiger partial charge on any atom is -0.365 e. The normalized spacial score (nSPS) is 23.1. The van der Waals surface area contributed by atoms with Crippen LogP contribution in [0.5, 0.6) is 0 Å². The summed E-state index contributed by atoms with van der Waals surface area (Å²) >= 11 is 0. The van der Waals surface area contributed by atoms with Gasteiger partial charge in [0.15, 0.2) is 0 Å². The third kappa shape index (κ3) is 1.39. The summed E-state index contributed by atoms with van der Waals surface area (Å²) in [4.78, 5) is 5.91. The highest BCUT2D eigenvalue weighted by Gasteiger charge is 2.24. The predicted octanol–water partition coefficient (Wildman–Crippen LogP) is 2.34. The summed E-state index contributed by atoms with van der Waals surface area (Å²) in [6, 6.07) is 2.89. The SMILES string of the molecule is CC[C@H]1c2cc[nH]c2CCN1CC. The number of H-pyrrole nitrogens is 1. The van der Waals surface area contributed by atoms with Crippen LogP contribution in [0, 0.1) is 0 Å². The summed E-state index contributed by atoms with van der Waals surface area (Å²) in [5, 5.41) is 0. The molecule has 1 aromatic rings. The molecule has 1 atom stereocenters. The Morgan fingerprint density at radius 1 is 1.54 bits per heavy atom. The third-order valence-electron chi connectivity index (χ3n) is 3.11. The molecule has 0 unspecified atom stereocenters. The molecule has 72 valence electrons. The van der Waals surface area contributed by atoms with Gasteiger partial charge in [0.05, 0.1) is 0 Å². The Morgan fingerprint density at radius 2 is 2.38 bits per heavy atom. The van der Waals surface area contributed by atoms with E-state index in [1.807, 2.05) is 0 Å². The van der Waals surface area contributed by atoms with Crippen molar-refractivity contribution in [2.24, 2.45) is 0 Å². The fourth-order valence-corrected chi connectivity index (χ4v) is 2.41. The molecule has 1 aromatic heterocycles. The molecule has 0 saturated carbocycles. The summed E-state index contributed by atoms with van der Waals surface area (Å²) in [6.45, 7) is 6.90. The number of rotatable bonds is 2. The summed E-state index contributed by atoms with van der Waals surface area (Å²) in [7, 11) is 0. The summed E-state index contributed by atoms with van der Waals surface area (Å²) in [5.74, 6) is 0. The lowest BCUT2D eigenvalue weighted by atomic mass is 9.97. The molecule has 2 heteroatoms. The largest absolute Gasteiger partial charge is 0.365 e. The molecule has 1 aliphatic rings. The van der Waals surface area contributed by atoms with E-state index in [1.165, 1.54) is 37.2 Å². The monoisotopic (exact) mass is 178 g/mol. The second-order valence-corrected chi connectivity index (χ2v) is 3.71. The van der Waals surface area contributed by atoms with E-state index >= 15 is 0 Å². The van der Waals surface area contributed by atoms with Gasteiger partial charge in [0.25, 0.3) is 0 Å². The van der Waals surface area contributed by atoms with Gasteiger partial charge < -0.3 is 4.98 Å². The molecular weight excluding hydrogens is 160 g/mol.